The number of carboxylic acid groups (broad SMARTS) is 1. The molecule has 0 radical (unpaired) electrons. The van der Waals surface area contributed by atoms with Crippen LogP contribution in [0.3, 0.4) is 0 Å². The van der Waals surface area contributed by atoms with Crippen molar-refractivity contribution >= 4 is 12.0 Å². The second-order valence-corrected chi connectivity index (χ2v) is 5.46. The number of hydrogen-bond acceptors (Lipinski definition) is 2. The smallest absolute Gasteiger partial charge is 0.326 e. The highest BCUT2D eigenvalue weighted by atomic mass is 16.4. The summed E-state index contributed by atoms with van der Waals surface area (Å²) in [5.74, 6) is -0.680. The fourth-order valence-electron chi connectivity index (χ4n) is 2.09. The van der Waals surface area contributed by atoms with Crippen molar-refractivity contribution in [3.63, 3.8) is 0 Å². The molecule has 0 unspecified atom stereocenters. The summed E-state index contributed by atoms with van der Waals surface area (Å²) in [6.45, 7) is 7.10. The van der Waals surface area contributed by atoms with Gasteiger partial charge in [0.15, 0.2) is 0 Å². The number of urea groups is 1. The highest BCUT2D eigenvalue weighted by Crippen LogP contribution is 2.05. The van der Waals surface area contributed by atoms with Crippen LogP contribution in [-0.4, -0.2) is 41.1 Å². The third-order valence-corrected chi connectivity index (χ3v) is 3.13. The summed E-state index contributed by atoms with van der Waals surface area (Å²) in [4.78, 5) is 25.1. The Balaban J connectivity index is 2.69. The molecule has 0 aliphatic carbocycles. The van der Waals surface area contributed by atoms with Crippen LogP contribution >= 0.6 is 0 Å². The Morgan fingerprint density at radius 1 is 1.24 bits per heavy atom. The van der Waals surface area contributed by atoms with E-state index in [4.69, 9.17) is 0 Å². The van der Waals surface area contributed by atoms with E-state index < -0.39 is 12.0 Å². The van der Waals surface area contributed by atoms with Gasteiger partial charge in [0.1, 0.15) is 6.04 Å². The fraction of sp³-hybridized carbons (Fsp3) is 0.500. The first-order valence-electron chi connectivity index (χ1n) is 7.26. The molecular formula is C16H24N2O3. The number of hydrogen-bond donors (Lipinski definition) is 2. The minimum atomic E-state index is -1.02. The lowest BCUT2D eigenvalue weighted by Gasteiger charge is -2.25. The van der Waals surface area contributed by atoms with Crippen molar-refractivity contribution < 1.29 is 14.7 Å². The van der Waals surface area contributed by atoms with E-state index in [1.807, 2.05) is 51.1 Å². The van der Waals surface area contributed by atoms with Crippen molar-refractivity contribution in [3.05, 3.63) is 35.9 Å². The third kappa shape index (κ3) is 5.85. The predicted molar refractivity (Wildman–Crippen MR) is 82.2 cm³/mol. The zero-order valence-electron chi connectivity index (χ0n) is 12.9. The Labute approximate surface area is 126 Å². The molecule has 0 spiro atoms. The van der Waals surface area contributed by atoms with Crippen molar-refractivity contribution in [2.24, 2.45) is 5.92 Å². The molecule has 5 nitrogen and oxygen atoms in total. The van der Waals surface area contributed by atoms with Crippen LogP contribution < -0.4 is 5.32 Å². The molecule has 0 saturated carbocycles. The molecular weight excluding hydrogens is 268 g/mol. The summed E-state index contributed by atoms with van der Waals surface area (Å²) in [7, 11) is 0. The summed E-state index contributed by atoms with van der Waals surface area (Å²) in [6, 6.07) is 8.05. The maximum absolute atomic E-state index is 12.2. The number of nitrogens with one attached hydrogen (secondary N) is 1. The third-order valence-electron chi connectivity index (χ3n) is 3.13. The van der Waals surface area contributed by atoms with Gasteiger partial charge in [0.25, 0.3) is 0 Å². The lowest BCUT2D eigenvalue weighted by molar-refractivity contribution is -0.139. The molecule has 0 aliphatic heterocycles. The minimum Gasteiger partial charge on any atom is -0.480 e. The van der Waals surface area contributed by atoms with Gasteiger partial charge in [0, 0.05) is 19.5 Å². The van der Waals surface area contributed by atoms with Crippen LogP contribution in [-0.2, 0) is 11.2 Å². The molecule has 0 saturated heterocycles. The molecule has 0 aromatic heterocycles. The number of amides is 2. The monoisotopic (exact) mass is 292 g/mol. The highest BCUT2D eigenvalue weighted by Gasteiger charge is 2.23. The highest BCUT2D eigenvalue weighted by molar-refractivity contribution is 5.82. The van der Waals surface area contributed by atoms with Gasteiger partial charge in [-0.1, -0.05) is 44.2 Å². The van der Waals surface area contributed by atoms with E-state index in [1.165, 1.54) is 0 Å². The van der Waals surface area contributed by atoms with Gasteiger partial charge in [0.2, 0.25) is 0 Å². The summed E-state index contributed by atoms with van der Waals surface area (Å²) in [5.41, 5.74) is 0.886. The number of carbonyl (C=O) groups excluding carboxylic acids is 1. The van der Waals surface area contributed by atoms with E-state index in [2.05, 4.69) is 5.32 Å². The van der Waals surface area contributed by atoms with Crippen LogP contribution in [0.1, 0.15) is 26.3 Å². The molecule has 0 heterocycles. The van der Waals surface area contributed by atoms with E-state index in [0.29, 0.717) is 19.0 Å². The molecule has 1 aromatic rings. The van der Waals surface area contributed by atoms with Crippen molar-refractivity contribution in [1.82, 2.24) is 10.2 Å². The zero-order chi connectivity index (χ0) is 15.8. The normalized spacial score (nSPS) is 12.0. The first kappa shape index (κ1) is 17.0. The summed E-state index contributed by atoms with van der Waals surface area (Å²) in [6.07, 6.45) is 0.279. The Kier molecular flexibility index (Phi) is 6.72. The number of benzene rings is 1. The lowest BCUT2D eigenvalue weighted by Crippen LogP contribution is -2.49. The van der Waals surface area contributed by atoms with Crippen LogP contribution in [0.15, 0.2) is 30.3 Å². The van der Waals surface area contributed by atoms with Gasteiger partial charge in [-0.3, -0.25) is 0 Å². The van der Waals surface area contributed by atoms with Crippen LogP contribution in [0.5, 0.6) is 0 Å². The molecule has 2 N–H and O–H groups in total. The van der Waals surface area contributed by atoms with Crippen molar-refractivity contribution in [1.29, 1.82) is 0 Å². The van der Waals surface area contributed by atoms with Crippen LogP contribution in [0.25, 0.3) is 0 Å². The summed E-state index contributed by atoms with van der Waals surface area (Å²) < 4.78 is 0. The van der Waals surface area contributed by atoms with Crippen molar-refractivity contribution in [2.75, 3.05) is 13.1 Å². The van der Waals surface area contributed by atoms with Crippen molar-refractivity contribution in [2.45, 2.75) is 33.2 Å². The number of aliphatic carboxylic acids is 1. The van der Waals surface area contributed by atoms with Crippen LogP contribution in [0, 0.1) is 5.92 Å². The number of carboxylic acids is 1. The molecule has 2 amide bonds. The number of rotatable bonds is 7. The molecule has 1 atom stereocenters. The number of nitrogens with zero attached hydrogens (tertiary/aromatic N) is 1. The largest absolute Gasteiger partial charge is 0.480 e. The Bertz CT molecular complexity index is 460. The fourth-order valence-corrected chi connectivity index (χ4v) is 2.09. The molecule has 1 rings (SSSR count). The van der Waals surface area contributed by atoms with Gasteiger partial charge in [0.05, 0.1) is 0 Å². The van der Waals surface area contributed by atoms with Gasteiger partial charge in [-0.2, -0.15) is 0 Å². The van der Waals surface area contributed by atoms with Gasteiger partial charge in [-0.15, -0.1) is 0 Å². The molecule has 0 fully saturated rings. The summed E-state index contributed by atoms with van der Waals surface area (Å²) in [5, 5.41) is 11.9. The Morgan fingerprint density at radius 3 is 2.33 bits per heavy atom. The first-order chi connectivity index (χ1) is 9.93. The van der Waals surface area contributed by atoms with Gasteiger partial charge >= 0.3 is 12.0 Å². The number of carbonyl (C=O) groups is 2. The average molecular weight is 292 g/mol. The molecule has 0 aliphatic rings. The Morgan fingerprint density at radius 2 is 1.86 bits per heavy atom. The second kappa shape index (κ2) is 8.29. The standard InChI is InChI=1S/C16H24N2O3/c1-4-18(11-12(2)3)16(21)17-14(15(19)20)10-13-8-6-5-7-9-13/h5-9,12,14H,4,10-11H2,1-3H3,(H,17,21)(H,19,20)/t14-/m1/s1. The van der Waals surface area contributed by atoms with E-state index in [0.717, 1.165) is 5.56 Å². The van der Waals surface area contributed by atoms with E-state index in [9.17, 15) is 14.7 Å². The van der Waals surface area contributed by atoms with E-state index >= 15 is 0 Å². The Hall–Kier alpha value is -2.04. The second-order valence-electron chi connectivity index (χ2n) is 5.46. The van der Waals surface area contributed by atoms with Gasteiger partial charge < -0.3 is 15.3 Å². The van der Waals surface area contributed by atoms with Crippen LogP contribution in [0.4, 0.5) is 4.79 Å². The maximum atomic E-state index is 12.2. The summed E-state index contributed by atoms with van der Waals surface area (Å²) >= 11 is 0. The van der Waals surface area contributed by atoms with Gasteiger partial charge in [-0.05, 0) is 18.4 Å². The van der Waals surface area contributed by atoms with Crippen molar-refractivity contribution in [3.8, 4) is 0 Å². The quantitative estimate of drug-likeness (QED) is 0.810. The average Bonchev–Trinajstić information content (AvgIpc) is 2.44. The molecule has 1 aromatic carbocycles. The lowest BCUT2D eigenvalue weighted by atomic mass is 10.1. The molecule has 116 valence electrons. The molecule has 0 bridgehead atoms. The maximum Gasteiger partial charge on any atom is 0.326 e. The first-order valence-corrected chi connectivity index (χ1v) is 7.26. The predicted octanol–water partition coefficient (Wildman–Crippen LogP) is 2.37. The zero-order valence-corrected chi connectivity index (χ0v) is 12.9. The molecule has 5 heteroatoms. The SMILES string of the molecule is CCN(CC(C)C)C(=O)N[C@H](Cc1ccccc1)C(=O)O. The van der Waals surface area contributed by atoms with E-state index in [-0.39, 0.29) is 12.5 Å². The van der Waals surface area contributed by atoms with Gasteiger partial charge in [-0.25, -0.2) is 9.59 Å². The van der Waals surface area contributed by atoms with E-state index in [1.54, 1.807) is 4.90 Å². The molecule has 21 heavy (non-hydrogen) atoms. The minimum absolute atomic E-state index is 0.279. The van der Waals surface area contributed by atoms with Crippen LogP contribution in [0.2, 0.25) is 0 Å². The topological polar surface area (TPSA) is 69.6 Å².